The normalized spacial score (nSPS) is 21.9. The third kappa shape index (κ3) is 3.91. The van der Waals surface area contributed by atoms with Crippen molar-refractivity contribution in [3.63, 3.8) is 0 Å². The molecule has 0 bridgehead atoms. The lowest BCUT2D eigenvalue weighted by Gasteiger charge is -2.19. The highest BCUT2D eigenvalue weighted by Gasteiger charge is 2.37. The Bertz CT molecular complexity index is 672. The molecule has 6 nitrogen and oxygen atoms in total. The van der Waals surface area contributed by atoms with Crippen molar-refractivity contribution in [2.75, 3.05) is 32.9 Å². The van der Waals surface area contributed by atoms with Crippen LogP contribution < -0.4 is 0 Å². The van der Waals surface area contributed by atoms with E-state index in [0.717, 1.165) is 16.3 Å². The third-order valence-electron chi connectivity index (χ3n) is 4.30. The third-order valence-corrected chi connectivity index (χ3v) is 6.27. The molecular formula is C16H24N2O4S. The van der Waals surface area contributed by atoms with E-state index >= 15 is 0 Å². The Hall–Kier alpha value is -1.44. The van der Waals surface area contributed by atoms with E-state index in [9.17, 15) is 18.3 Å². The first-order valence-corrected chi connectivity index (χ1v) is 9.32. The zero-order valence-electron chi connectivity index (χ0n) is 13.8. The van der Waals surface area contributed by atoms with Crippen LogP contribution in [0.5, 0.6) is 0 Å². The van der Waals surface area contributed by atoms with Gasteiger partial charge in [-0.15, -0.1) is 0 Å². The predicted octanol–water partition coefficient (Wildman–Crippen LogP) is 0.573. The molecule has 128 valence electrons. The molecule has 0 aliphatic carbocycles. The number of aliphatic hydroxyl groups excluding tert-OH is 1. The number of β-amino-alcohol motifs (C(OH)–C–C–N with tert-alkyl or cyclic N) is 1. The van der Waals surface area contributed by atoms with Crippen molar-refractivity contribution in [2.24, 2.45) is 5.92 Å². The molecule has 7 heteroatoms. The molecule has 0 aromatic heterocycles. The number of likely N-dealkylation sites (tertiary alicyclic amines) is 1. The fraction of sp³-hybridized carbons (Fsp3) is 0.562. The molecule has 0 unspecified atom stereocenters. The van der Waals surface area contributed by atoms with Crippen molar-refractivity contribution < 1.29 is 18.3 Å². The van der Waals surface area contributed by atoms with Crippen molar-refractivity contribution in [2.45, 2.75) is 19.4 Å². The van der Waals surface area contributed by atoms with Gasteiger partial charge in [-0.3, -0.25) is 4.79 Å². The number of carbonyl (C=O) groups is 1. The Labute approximate surface area is 137 Å². The Kier molecular flexibility index (Phi) is 5.44. The van der Waals surface area contributed by atoms with Crippen molar-refractivity contribution >= 4 is 15.9 Å². The molecule has 0 spiro atoms. The molecule has 23 heavy (non-hydrogen) atoms. The van der Waals surface area contributed by atoms with Gasteiger partial charge in [0, 0.05) is 38.7 Å². The van der Waals surface area contributed by atoms with Crippen LogP contribution in [0.3, 0.4) is 0 Å². The zero-order valence-corrected chi connectivity index (χ0v) is 14.6. The van der Waals surface area contributed by atoms with Crippen LogP contribution in [0.2, 0.25) is 0 Å². The van der Waals surface area contributed by atoms with Crippen molar-refractivity contribution in [3.05, 3.63) is 35.4 Å². The number of nitrogens with zero attached hydrogens (tertiary/aromatic N) is 2. The number of aryl methyl sites for hydroxylation is 1. The van der Waals surface area contributed by atoms with Crippen LogP contribution >= 0.6 is 0 Å². The Morgan fingerprint density at radius 2 is 1.96 bits per heavy atom. The van der Waals surface area contributed by atoms with E-state index < -0.39 is 22.0 Å². The van der Waals surface area contributed by atoms with Gasteiger partial charge in [0.1, 0.15) is 0 Å². The molecule has 2 rings (SSSR count). The highest BCUT2D eigenvalue weighted by Crippen LogP contribution is 2.23. The number of rotatable bonds is 5. The molecule has 1 amide bonds. The van der Waals surface area contributed by atoms with E-state index in [2.05, 4.69) is 0 Å². The van der Waals surface area contributed by atoms with E-state index in [0.29, 0.717) is 5.56 Å². The lowest BCUT2D eigenvalue weighted by atomic mass is 10.0. The van der Waals surface area contributed by atoms with Gasteiger partial charge in [0.05, 0.1) is 11.9 Å². The van der Waals surface area contributed by atoms with Gasteiger partial charge < -0.3 is 10.0 Å². The van der Waals surface area contributed by atoms with Crippen LogP contribution in [0, 0.1) is 5.92 Å². The van der Waals surface area contributed by atoms with Crippen molar-refractivity contribution in [1.82, 2.24) is 9.21 Å². The lowest BCUT2D eigenvalue weighted by molar-refractivity contribution is 0.0763. The van der Waals surface area contributed by atoms with E-state index in [1.54, 1.807) is 11.0 Å². The van der Waals surface area contributed by atoms with Crippen LogP contribution in [0.4, 0.5) is 0 Å². The number of amides is 1. The van der Waals surface area contributed by atoms with Gasteiger partial charge in [0.2, 0.25) is 10.0 Å². The second-order valence-corrected chi connectivity index (χ2v) is 8.34. The fourth-order valence-electron chi connectivity index (χ4n) is 2.81. The maximum absolute atomic E-state index is 12.7. The molecule has 1 saturated heterocycles. The number of carbonyl (C=O) groups excluding carboxylic acids is 1. The standard InChI is InChI=1S/C16H24N2O4S/c1-4-12-7-5-6-8-14(12)16(20)18-9-13(15(19)10-18)11-23(21,22)17(2)3/h5-8,13,15,19H,4,9-11H2,1-3H3/t13-,15-/m0/s1. The number of sulfonamides is 1. The van der Waals surface area contributed by atoms with Crippen LogP contribution in [-0.4, -0.2) is 67.7 Å². The van der Waals surface area contributed by atoms with Gasteiger partial charge in [0.25, 0.3) is 5.91 Å². The Morgan fingerprint density at radius 1 is 1.30 bits per heavy atom. The number of hydrogen-bond acceptors (Lipinski definition) is 4. The molecule has 1 aromatic rings. The summed E-state index contributed by atoms with van der Waals surface area (Å²) < 4.78 is 25.1. The summed E-state index contributed by atoms with van der Waals surface area (Å²) in [5.74, 6) is -0.758. The molecule has 2 atom stereocenters. The van der Waals surface area contributed by atoms with Gasteiger partial charge in [-0.2, -0.15) is 0 Å². The van der Waals surface area contributed by atoms with E-state index in [1.165, 1.54) is 14.1 Å². The highest BCUT2D eigenvalue weighted by atomic mass is 32.2. The van der Waals surface area contributed by atoms with Gasteiger partial charge in [-0.25, -0.2) is 12.7 Å². The Morgan fingerprint density at radius 3 is 2.57 bits per heavy atom. The first kappa shape index (κ1) is 17.9. The fourth-order valence-corrected chi connectivity index (χ4v) is 3.98. The van der Waals surface area contributed by atoms with E-state index in [-0.39, 0.29) is 24.7 Å². The van der Waals surface area contributed by atoms with Crippen molar-refractivity contribution in [1.29, 1.82) is 0 Å². The molecule has 1 aromatic carbocycles. The minimum absolute atomic E-state index is 0.147. The summed E-state index contributed by atoms with van der Waals surface area (Å²) in [7, 11) is -0.467. The average molecular weight is 340 g/mol. The van der Waals surface area contributed by atoms with Gasteiger partial charge in [-0.1, -0.05) is 25.1 Å². The SMILES string of the molecule is CCc1ccccc1C(=O)N1C[C@@H](CS(=O)(=O)N(C)C)[C@@H](O)C1. The second kappa shape index (κ2) is 6.98. The number of hydrogen-bond donors (Lipinski definition) is 1. The highest BCUT2D eigenvalue weighted by molar-refractivity contribution is 7.89. The van der Waals surface area contributed by atoms with Gasteiger partial charge in [-0.05, 0) is 18.1 Å². The summed E-state index contributed by atoms with van der Waals surface area (Å²) >= 11 is 0. The quantitative estimate of drug-likeness (QED) is 0.850. The van der Waals surface area contributed by atoms with Crippen LogP contribution in [0.25, 0.3) is 0 Å². The zero-order chi connectivity index (χ0) is 17.2. The summed E-state index contributed by atoms with van der Waals surface area (Å²) in [5.41, 5.74) is 1.58. The maximum Gasteiger partial charge on any atom is 0.254 e. The molecule has 1 aliphatic heterocycles. The summed E-state index contributed by atoms with van der Waals surface area (Å²) in [6, 6.07) is 7.39. The summed E-state index contributed by atoms with van der Waals surface area (Å²) in [4.78, 5) is 14.2. The van der Waals surface area contributed by atoms with Gasteiger partial charge >= 0.3 is 0 Å². The molecule has 1 N–H and O–H groups in total. The molecule has 0 saturated carbocycles. The first-order valence-electron chi connectivity index (χ1n) is 7.71. The predicted molar refractivity (Wildman–Crippen MR) is 88.7 cm³/mol. The smallest absolute Gasteiger partial charge is 0.254 e. The molecule has 1 fully saturated rings. The van der Waals surface area contributed by atoms with E-state index in [1.807, 2.05) is 25.1 Å². The van der Waals surface area contributed by atoms with Crippen molar-refractivity contribution in [3.8, 4) is 0 Å². The lowest BCUT2D eigenvalue weighted by Crippen LogP contribution is -2.33. The van der Waals surface area contributed by atoms with Gasteiger partial charge in [0.15, 0.2) is 0 Å². The van der Waals surface area contributed by atoms with Crippen LogP contribution in [0.15, 0.2) is 24.3 Å². The Balaban J connectivity index is 2.13. The van der Waals surface area contributed by atoms with Crippen LogP contribution in [0.1, 0.15) is 22.8 Å². The molecule has 1 aliphatic rings. The summed E-state index contributed by atoms with van der Waals surface area (Å²) in [6.45, 7) is 2.41. The molecular weight excluding hydrogens is 316 g/mol. The number of benzene rings is 1. The number of aliphatic hydroxyl groups is 1. The average Bonchev–Trinajstić information content (AvgIpc) is 2.86. The molecule has 1 heterocycles. The maximum atomic E-state index is 12.7. The summed E-state index contributed by atoms with van der Waals surface area (Å²) in [6.07, 6.45) is -0.0704. The largest absolute Gasteiger partial charge is 0.391 e. The minimum Gasteiger partial charge on any atom is -0.391 e. The second-order valence-electron chi connectivity index (χ2n) is 6.11. The van der Waals surface area contributed by atoms with Crippen LogP contribution in [-0.2, 0) is 16.4 Å². The topological polar surface area (TPSA) is 77.9 Å². The first-order chi connectivity index (χ1) is 10.8. The van der Waals surface area contributed by atoms with E-state index in [4.69, 9.17) is 0 Å². The summed E-state index contributed by atoms with van der Waals surface area (Å²) in [5, 5.41) is 10.1. The minimum atomic E-state index is -3.41. The monoisotopic (exact) mass is 340 g/mol. The molecule has 0 radical (unpaired) electrons.